The summed E-state index contributed by atoms with van der Waals surface area (Å²) in [7, 11) is 0. The standard InChI is InChI=1S/C29H26ClN3O2S/c1-18(2)20-11-13-23(14-12-20)33-28(35)26(16-21-8-4-5-10-25(21)30)36-29(33)24(17-31)27(34)32-22-9-6-7-19(3)15-22/h4-15,18,26H,16H2,1-3H3,(H,32,34)/b29-24-. The van der Waals surface area contributed by atoms with Crippen LogP contribution in [0.3, 0.4) is 0 Å². The molecule has 0 radical (unpaired) electrons. The Morgan fingerprint density at radius 2 is 1.83 bits per heavy atom. The van der Waals surface area contributed by atoms with Crippen molar-refractivity contribution in [2.45, 2.75) is 38.4 Å². The number of hydrogen-bond acceptors (Lipinski definition) is 4. The number of carbonyl (C=O) groups is 2. The summed E-state index contributed by atoms with van der Waals surface area (Å²) < 4.78 is 0. The van der Waals surface area contributed by atoms with Crippen LogP contribution in [0.4, 0.5) is 11.4 Å². The summed E-state index contributed by atoms with van der Waals surface area (Å²) in [6, 6.07) is 24.4. The van der Waals surface area contributed by atoms with Crippen LogP contribution < -0.4 is 10.2 Å². The molecule has 0 aliphatic carbocycles. The lowest BCUT2D eigenvalue weighted by Crippen LogP contribution is -2.31. The summed E-state index contributed by atoms with van der Waals surface area (Å²) in [6.45, 7) is 6.12. The summed E-state index contributed by atoms with van der Waals surface area (Å²) in [6.07, 6.45) is 0.380. The summed E-state index contributed by atoms with van der Waals surface area (Å²) in [5, 5.41) is 13.2. The van der Waals surface area contributed by atoms with E-state index in [4.69, 9.17) is 11.6 Å². The number of halogens is 1. The van der Waals surface area contributed by atoms with Crippen LogP contribution in [0.5, 0.6) is 0 Å². The number of nitrogens with one attached hydrogen (secondary N) is 1. The Labute approximate surface area is 220 Å². The zero-order valence-electron chi connectivity index (χ0n) is 20.3. The second kappa shape index (κ2) is 11.0. The van der Waals surface area contributed by atoms with Crippen molar-refractivity contribution in [1.29, 1.82) is 5.26 Å². The minimum atomic E-state index is -0.555. The van der Waals surface area contributed by atoms with Crippen molar-refractivity contribution in [2.24, 2.45) is 0 Å². The van der Waals surface area contributed by atoms with Crippen molar-refractivity contribution >= 4 is 46.6 Å². The third-order valence-corrected chi connectivity index (χ3v) is 7.59. The SMILES string of the molecule is Cc1cccc(NC(=O)/C(C#N)=C2\SC(Cc3ccccc3Cl)C(=O)N2c2ccc(C(C)C)cc2)c1. The lowest BCUT2D eigenvalue weighted by molar-refractivity contribution is -0.117. The number of aryl methyl sites for hydroxylation is 1. The first kappa shape index (κ1) is 25.6. The van der Waals surface area contributed by atoms with Gasteiger partial charge in [0.25, 0.3) is 5.91 Å². The van der Waals surface area contributed by atoms with Crippen molar-refractivity contribution < 1.29 is 9.59 Å². The van der Waals surface area contributed by atoms with Crippen LogP contribution in [0.1, 0.15) is 36.5 Å². The van der Waals surface area contributed by atoms with Crippen LogP contribution in [0.25, 0.3) is 0 Å². The number of rotatable bonds is 6. The second-order valence-corrected chi connectivity index (χ2v) is 10.5. The molecule has 1 heterocycles. The van der Waals surface area contributed by atoms with E-state index in [0.717, 1.165) is 16.7 Å². The smallest absolute Gasteiger partial charge is 0.269 e. The van der Waals surface area contributed by atoms with Crippen molar-refractivity contribution in [3.63, 3.8) is 0 Å². The maximum Gasteiger partial charge on any atom is 0.269 e. The van der Waals surface area contributed by atoms with Gasteiger partial charge in [-0.25, -0.2) is 0 Å². The first-order valence-electron chi connectivity index (χ1n) is 11.6. The zero-order chi connectivity index (χ0) is 25.8. The van der Waals surface area contributed by atoms with Gasteiger partial charge in [0.15, 0.2) is 0 Å². The molecule has 1 aliphatic rings. The van der Waals surface area contributed by atoms with E-state index in [1.165, 1.54) is 16.7 Å². The molecule has 182 valence electrons. The van der Waals surface area contributed by atoms with Crippen LogP contribution >= 0.6 is 23.4 Å². The molecule has 36 heavy (non-hydrogen) atoms. The molecule has 0 spiro atoms. The molecule has 0 aromatic heterocycles. The van der Waals surface area contributed by atoms with Crippen LogP contribution in [-0.4, -0.2) is 17.1 Å². The van der Waals surface area contributed by atoms with Gasteiger partial charge in [-0.3, -0.25) is 14.5 Å². The molecular formula is C29H26ClN3O2S. The van der Waals surface area contributed by atoms with Gasteiger partial charge in [0.1, 0.15) is 16.7 Å². The molecule has 5 nitrogen and oxygen atoms in total. The van der Waals surface area contributed by atoms with E-state index in [9.17, 15) is 14.9 Å². The highest BCUT2D eigenvalue weighted by molar-refractivity contribution is 8.05. The molecular weight excluding hydrogens is 490 g/mol. The molecule has 1 aliphatic heterocycles. The van der Waals surface area contributed by atoms with Crippen molar-refractivity contribution in [2.75, 3.05) is 10.2 Å². The maximum atomic E-state index is 13.7. The summed E-state index contributed by atoms with van der Waals surface area (Å²) in [4.78, 5) is 28.4. The molecule has 0 saturated carbocycles. The number of amides is 2. The van der Waals surface area contributed by atoms with E-state index in [-0.39, 0.29) is 11.5 Å². The fraction of sp³-hybridized carbons (Fsp3) is 0.207. The van der Waals surface area contributed by atoms with E-state index in [1.807, 2.05) is 67.6 Å². The van der Waals surface area contributed by atoms with Gasteiger partial charge in [0.05, 0.1) is 5.25 Å². The molecule has 3 aromatic carbocycles. The topological polar surface area (TPSA) is 73.2 Å². The van der Waals surface area contributed by atoms with Crippen molar-refractivity contribution in [3.8, 4) is 6.07 Å². The van der Waals surface area contributed by atoms with E-state index in [1.54, 1.807) is 12.1 Å². The van der Waals surface area contributed by atoms with E-state index < -0.39 is 11.2 Å². The molecule has 7 heteroatoms. The van der Waals surface area contributed by atoms with Gasteiger partial charge in [-0.2, -0.15) is 5.26 Å². The summed E-state index contributed by atoms with van der Waals surface area (Å²) in [5.74, 6) is -0.413. The molecule has 2 amide bonds. The normalized spacial score (nSPS) is 16.7. The Hall–Kier alpha value is -3.53. The lowest BCUT2D eigenvalue weighted by Gasteiger charge is -2.19. The number of carbonyl (C=O) groups excluding carboxylic acids is 2. The molecule has 4 rings (SSSR count). The fourth-order valence-corrected chi connectivity index (χ4v) is 5.52. The zero-order valence-corrected chi connectivity index (χ0v) is 21.9. The number of benzene rings is 3. The molecule has 1 N–H and O–H groups in total. The Morgan fingerprint density at radius 3 is 2.47 bits per heavy atom. The number of nitriles is 1. The number of thioether (sulfide) groups is 1. The molecule has 3 aromatic rings. The maximum absolute atomic E-state index is 13.7. The fourth-order valence-electron chi connectivity index (χ4n) is 4.01. The average Bonchev–Trinajstić information content (AvgIpc) is 3.16. The third kappa shape index (κ3) is 5.48. The van der Waals surface area contributed by atoms with Crippen LogP contribution in [0.2, 0.25) is 5.02 Å². The largest absolute Gasteiger partial charge is 0.321 e. The summed E-state index contributed by atoms with van der Waals surface area (Å²) >= 11 is 7.59. The summed E-state index contributed by atoms with van der Waals surface area (Å²) in [5.41, 5.74) is 4.05. The Bertz CT molecular complexity index is 1380. The van der Waals surface area contributed by atoms with Crippen LogP contribution in [0, 0.1) is 18.3 Å². The lowest BCUT2D eigenvalue weighted by atomic mass is 10.0. The Balaban J connectivity index is 1.74. The number of anilines is 2. The molecule has 1 atom stereocenters. The highest BCUT2D eigenvalue weighted by Crippen LogP contribution is 2.42. The highest BCUT2D eigenvalue weighted by atomic mass is 35.5. The van der Waals surface area contributed by atoms with Crippen molar-refractivity contribution in [1.82, 2.24) is 0 Å². The third-order valence-electron chi connectivity index (χ3n) is 5.96. The molecule has 0 bridgehead atoms. The monoisotopic (exact) mass is 515 g/mol. The molecule has 1 unspecified atom stereocenters. The number of nitrogens with zero attached hydrogens (tertiary/aromatic N) is 2. The predicted molar refractivity (Wildman–Crippen MR) is 147 cm³/mol. The highest BCUT2D eigenvalue weighted by Gasteiger charge is 2.41. The van der Waals surface area contributed by atoms with Gasteiger partial charge in [0, 0.05) is 16.4 Å². The van der Waals surface area contributed by atoms with Crippen LogP contribution in [-0.2, 0) is 16.0 Å². The van der Waals surface area contributed by atoms with E-state index in [0.29, 0.717) is 33.8 Å². The Morgan fingerprint density at radius 1 is 1.11 bits per heavy atom. The minimum Gasteiger partial charge on any atom is -0.321 e. The van der Waals surface area contributed by atoms with Gasteiger partial charge < -0.3 is 5.32 Å². The molecule has 1 fully saturated rings. The number of hydrogen-bond donors (Lipinski definition) is 1. The Kier molecular flexibility index (Phi) is 7.83. The van der Waals surface area contributed by atoms with Gasteiger partial charge >= 0.3 is 0 Å². The van der Waals surface area contributed by atoms with E-state index >= 15 is 0 Å². The second-order valence-electron chi connectivity index (χ2n) is 8.94. The average molecular weight is 516 g/mol. The minimum absolute atomic E-state index is 0.107. The molecule has 1 saturated heterocycles. The van der Waals surface area contributed by atoms with Crippen LogP contribution in [0.15, 0.2) is 83.4 Å². The van der Waals surface area contributed by atoms with Gasteiger partial charge in [-0.15, -0.1) is 0 Å². The van der Waals surface area contributed by atoms with Crippen molar-refractivity contribution in [3.05, 3.63) is 105 Å². The predicted octanol–water partition coefficient (Wildman–Crippen LogP) is 6.84. The quantitative estimate of drug-likeness (QED) is 0.288. The first-order valence-corrected chi connectivity index (χ1v) is 12.9. The first-order chi connectivity index (χ1) is 17.3. The van der Waals surface area contributed by atoms with Gasteiger partial charge in [-0.05, 0) is 66.3 Å². The van der Waals surface area contributed by atoms with Gasteiger partial charge in [0.2, 0.25) is 5.91 Å². The van der Waals surface area contributed by atoms with E-state index in [2.05, 4.69) is 25.2 Å². The van der Waals surface area contributed by atoms with Gasteiger partial charge in [-0.1, -0.05) is 79.7 Å².